The van der Waals surface area contributed by atoms with E-state index >= 15 is 0 Å². The number of hydrogen-bond acceptors (Lipinski definition) is 3. The van der Waals surface area contributed by atoms with Crippen molar-refractivity contribution in [2.24, 2.45) is 11.7 Å². The molecular weight excluding hydrogens is 240 g/mol. The normalized spacial score (nSPS) is 33.3. The van der Waals surface area contributed by atoms with Crippen LogP contribution in [-0.4, -0.2) is 42.6 Å². The van der Waals surface area contributed by atoms with Gasteiger partial charge in [0.25, 0.3) is 5.91 Å². The number of likely N-dealkylation sites (tertiary alicyclic amines) is 1. The number of nitrogens with zero attached hydrogens (tertiary/aromatic N) is 1. The quantitative estimate of drug-likeness (QED) is 0.813. The van der Waals surface area contributed by atoms with E-state index in [1.165, 1.54) is 0 Å². The molecule has 0 aliphatic carbocycles. The fourth-order valence-electron chi connectivity index (χ4n) is 2.72. The second kappa shape index (κ2) is 6.57. The Kier molecular flexibility index (Phi) is 5.70. The Labute approximate surface area is 109 Å². The summed E-state index contributed by atoms with van der Waals surface area (Å²) >= 11 is 0. The largest absolute Gasteiger partial charge is 0.368 e. The summed E-state index contributed by atoms with van der Waals surface area (Å²) in [7, 11) is 0. The summed E-state index contributed by atoms with van der Waals surface area (Å²) in [6, 6.07) is 0.223. The molecule has 2 aliphatic heterocycles. The van der Waals surface area contributed by atoms with Crippen LogP contribution in [0.5, 0.6) is 0 Å². The first-order chi connectivity index (χ1) is 7.72. The Morgan fingerprint density at radius 2 is 2.24 bits per heavy atom. The molecule has 0 radical (unpaired) electrons. The predicted octanol–water partition coefficient (Wildman–Crippen LogP) is 1.17. The van der Waals surface area contributed by atoms with Crippen molar-refractivity contribution in [1.29, 1.82) is 0 Å². The van der Waals surface area contributed by atoms with Crippen LogP contribution in [0, 0.1) is 5.92 Å². The highest BCUT2D eigenvalue weighted by Crippen LogP contribution is 2.24. The van der Waals surface area contributed by atoms with Gasteiger partial charge in [-0.05, 0) is 31.6 Å². The van der Waals surface area contributed by atoms with Crippen LogP contribution < -0.4 is 5.73 Å². The second-order valence-corrected chi connectivity index (χ2v) is 5.05. The van der Waals surface area contributed by atoms with E-state index in [0.29, 0.717) is 12.5 Å². The number of carbonyl (C=O) groups is 1. The average Bonchev–Trinajstić information content (AvgIpc) is 2.81. The van der Waals surface area contributed by atoms with Crippen LogP contribution in [0.2, 0.25) is 0 Å². The smallest absolute Gasteiger partial charge is 0.251 e. The Balaban J connectivity index is 0.00000144. The third-order valence-electron chi connectivity index (χ3n) is 3.74. The fraction of sp³-hybridized carbons (Fsp3) is 0.917. The zero-order valence-corrected chi connectivity index (χ0v) is 11.2. The van der Waals surface area contributed by atoms with Crippen molar-refractivity contribution >= 4 is 18.3 Å². The van der Waals surface area contributed by atoms with Crippen LogP contribution in [-0.2, 0) is 9.53 Å². The third-order valence-corrected chi connectivity index (χ3v) is 3.74. The maximum Gasteiger partial charge on any atom is 0.251 e. The molecule has 0 aromatic heterocycles. The molecule has 2 aliphatic rings. The molecule has 17 heavy (non-hydrogen) atoms. The minimum absolute atomic E-state index is 0. The van der Waals surface area contributed by atoms with E-state index in [0.717, 1.165) is 38.8 Å². The number of amides is 1. The van der Waals surface area contributed by atoms with E-state index in [1.54, 1.807) is 0 Å². The fourth-order valence-corrected chi connectivity index (χ4v) is 2.72. The van der Waals surface area contributed by atoms with Gasteiger partial charge in [-0.1, -0.05) is 6.92 Å². The first kappa shape index (κ1) is 14.7. The highest BCUT2D eigenvalue weighted by molar-refractivity contribution is 5.85. The minimum atomic E-state index is -0.192. The van der Waals surface area contributed by atoms with Crippen molar-refractivity contribution in [3.05, 3.63) is 0 Å². The molecule has 0 bridgehead atoms. The molecule has 4 nitrogen and oxygen atoms in total. The van der Waals surface area contributed by atoms with Gasteiger partial charge >= 0.3 is 0 Å². The van der Waals surface area contributed by atoms with Crippen LogP contribution in [0.15, 0.2) is 0 Å². The molecular formula is C12H23ClN2O2. The molecule has 2 unspecified atom stereocenters. The van der Waals surface area contributed by atoms with E-state index in [1.807, 2.05) is 4.90 Å². The van der Waals surface area contributed by atoms with Crippen molar-refractivity contribution in [1.82, 2.24) is 4.90 Å². The number of hydrogen-bond donors (Lipinski definition) is 1. The highest BCUT2D eigenvalue weighted by Gasteiger charge is 2.34. The molecule has 2 rings (SSSR count). The average molecular weight is 263 g/mol. The topological polar surface area (TPSA) is 55.6 Å². The first-order valence-corrected chi connectivity index (χ1v) is 6.34. The summed E-state index contributed by atoms with van der Waals surface area (Å²) in [5.41, 5.74) is 5.76. The van der Waals surface area contributed by atoms with Gasteiger partial charge in [-0.15, -0.1) is 12.4 Å². The third kappa shape index (κ3) is 3.33. The predicted molar refractivity (Wildman–Crippen MR) is 69.2 cm³/mol. The lowest BCUT2D eigenvalue weighted by atomic mass is 9.92. The first-order valence-electron chi connectivity index (χ1n) is 6.34. The van der Waals surface area contributed by atoms with Crippen molar-refractivity contribution in [3.63, 3.8) is 0 Å². The summed E-state index contributed by atoms with van der Waals surface area (Å²) in [6.45, 7) is 4.38. The lowest BCUT2D eigenvalue weighted by Gasteiger charge is -2.39. The number of piperidine rings is 1. The molecule has 0 aromatic rings. The van der Waals surface area contributed by atoms with Crippen LogP contribution in [0.25, 0.3) is 0 Å². The van der Waals surface area contributed by atoms with Gasteiger partial charge in [0.2, 0.25) is 0 Å². The van der Waals surface area contributed by atoms with Crippen LogP contribution in [0.1, 0.15) is 32.6 Å². The van der Waals surface area contributed by atoms with Gasteiger partial charge in [-0.2, -0.15) is 0 Å². The van der Waals surface area contributed by atoms with Crippen LogP contribution in [0.4, 0.5) is 0 Å². The zero-order valence-electron chi connectivity index (χ0n) is 10.4. The molecule has 0 saturated carbocycles. The van der Waals surface area contributed by atoms with Crippen molar-refractivity contribution in [2.45, 2.75) is 44.8 Å². The molecule has 0 spiro atoms. The number of ether oxygens (including phenoxy) is 1. The SMILES string of the molecule is CC1CCN(C(=O)[C@H]2CCCO2)C(CN)C1.Cl. The van der Waals surface area contributed by atoms with Crippen molar-refractivity contribution in [2.75, 3.05) is 19.7 Å². The molecule has 2 N–H and O–H groups in total. The lowest BCUT2D eigenvalue weighted by Crippen LogP contribution is -2.52. The Morgan fingerprint density at radius 1 is 1.47 bits per heavy atom. The molecule has 2 heterocycles. The van der Waals surface area contributed by atoms with Gasteiger partial charge in [0, 0.05) is 25.7 Å². The molecule has 0 aromatic carbocycles. The Morgan fingerprint density at radius 3 is 2.82 bits per heavy atom. The standard InChI is InChI=1S/C12H22N2O2.ClH/c1-9-4-5-14(10(7-9)8-13)12(15)11-3-2-6-16-11;/h9-11H,2-8,13H2,1H3;1H/t9?,10?,11-;/m1./s1. The summed E-state index contributed by atoms with van der Waals surface area (Å²) in [4.78, 5) is 14.2. The summed E-state index contributed by atoms with van der Waals surface area (Å²) in [5.74, 6) is 0.849. The number of nitrogens with two attached hydrogens (primary N) is 1. The van der Waals surface area contributed by atoms with Crippen molar-refractivity contribution < 1.29 is 9.53 Å². The lowest BCUT2D eigenvalue weighted by molar-refractivity contribution is -0.145. The zero-order chi connectivity index (χ0) is 11.5. The number of halogens is 1. The van der Waals surface area contributed by atoms with E-state index in [9.17, 15) is 4.79 Å². The molecule has 100 valence electrons. The van der Waals surface area contributed by atoms with Gasteiger partial charge in [-0.3, -0.25) is 4.79 Å². The van der Waals surface area contributed by atoms with Gasteiger partial charge < -0.3 is 15.4 Å². The van der Waals surface area contributed by atoms with Crippen LogP contribution >= 0.6 is 12.4 Å². The maximum absolute atomic E-state index is 12.2. The van der Waals surface area contributed by atoms with Gasteiger partial charge in [-0.25, -0.2) is 0 Å². The molecule has 3 atom stereocenters. The number of carbonyl (C=O) groups excluding carboxylic acids is 1. The van der Waals surface area contributed by atoms with Crippen LogP contribution in [0.3, 0.4) is 0 Å². The van der Waals surface area contributed by atoms with Gasteiger partial charge in [0.1, 0.15) is 6.10 Å². The van der Waals surface area contributed by atoms with E-state index < -0.39 is 0 Å². The molecule has 5 heteroatoms. The van der Waals surface area contributed by atoms with Crippen molar-refractivity contribution in [3.8, 4) is 0 Å². The summed E-state index contributed by atoms with van der Waals surface area (Å²) < 4.78 is 5.46. The Bertz CT molecular complexity index is 257. The summed E-state index contributed by atoms with van der Waals surface area (Å²) in [6.07, 6.45) is 3.82. The molecule has 2 saturated heterocycles. The molecule has 1 amide bonds. The maximum atomic E-state index is 12.2. The van der Waals surface area contributed by atoms with E-state index in [2.05, 4.69) is 6.92 Å². The van der Waals surface area contributed by atoms with Gasteiger partial charge in [0.15, 0.2) is 0 Å². The van der Waals surface area contributed by atoms with E-state index in [-0.39, 0.29) is 30.5 Å². The second-order valence-electron chi connectivity index (χ2n) is 5.05. The number of rotatable bonds is 2. The summed E-state index contributed by atoms with van der Waals surface area (Å²) in [5, 5.41) is 0. The highest BCUT2D eigenvalue weighted by atomic mass is 35.5. The van der Waals surface area contributed by atoms with E-state index in [4.69, 9.17) is 10.5 Å². The van der Waals surface area contributed by atoms with Gasteiger partial charge in [0.05, 0.1) is 0 Å². The monoisotopic (exact) mass is 262 g/mol. The minimum Gasteiger partial charge on any atom is -0.368 e. The molecule has 2 fully saturated rings. The Hall–Kier alpha value is -0.320.